The summed E-state index contributed by atoms with van der Waals surface area (Å²) in [6.45, 7) is 11.8. The lowest BCUT2D eigenvalue weighted by atomic mass is 9.88. The van der Waals surface area contributed by atoms with Crippen LogP contribution in [-0.4, -0.2) is 22.2 Å². The van der Waals surface area contributed by atoms with Crippen molar-refractivity contribution in [1.82, 2.24) is 0 Å². The zero-order valence-electron chi connectivity index (χ0n) is 13.1. The van der Waals surface area contributed by atoms with Crippen molar-refractivity contribution in [1.29, 1.82) is 0 Å². The summed E-state index contributed by atoms with van der Waals surface area (Å²) >= 11 is 0. The Bertz CT molecular complexity index is 324. The molecule has 116 valence electrons. The van der Waals surface area contributed by atoms with Gasteiger partial charge in [-0.1, -0.05) is 45.8 Å². The Kier molecular flexibility index (Phi) is 11.7. The predicted octanol–water partition coefficient (Wildman–Crippen LogP) is 4.13. The number of carboxylic acid groups (broad SMARTS) is 2. The van der Waals surface area contributed by atoms with Gasteiger partial charge in [0.25, 0.3) is 0 Å². The molecule has 0 radical (unpaired) electrons. The topological polar surface area (TPSA) is 74.6 Å². The number of unbranched alkanes of at least 4 members (excludes halogenated alkanes) is 1. The highest BCUT2D eigenvalue weighted by Crippen LogP contribution is 2.23. The molecule has 0 aromatic carbocycles. The molecule has 0 spiro atoms. The number of allylic oxidation sites excluding steroid dienone is 1. The van der Waals surface area contributed by atoms with Gasteiger partial charge in [-0.3, -0.25) is 4.79 Å². The molecule has 0 saturated carbocycles. The minimum Gasteiger partial charge on any atom is -0.481 e. The molecule has 4 heteroatoms. The second-order valence-corrected chi connectivity index (χ2v) is 5.83. The zero-order valence-corrected chi connectivity index (χ0v) is 13.1. The lowest BCUT2D eigenvalue weighted by molar-refractivity contribution is -0.140. The molecule has 0 aromatic rings. The van der Waals surface area contributed by atoms with Crippen LogP contribution >= 0.6 is 0 Å². The van der Waals surface area contributed by atoms with E-state index < -0.39 is 11.9 Å². The summed E-state index contributed by atoms with van der Waals surface area (Å²) in [5.41, 5.74) is 0.354. The van der Waals surface area contributed by atoms with E-state index in [4.69, 9.17) is 10.2 Å². The van der Waals surface area contributed by atoms with E-state index in [0.29, 0.717) is 5.41 Å². The van der Waals surface area contributed by atoms with E-state index in [0.717, 1.165) is 31.8 Å². The number of carboxylic acids is 2. The highest BCUT2D eigenvalue weighted by atomic mass is 16.4. The minimum absolute atomic E-state index is 0.354. The van der Waals surface area contributed by atoms with Gasteiger partial charge in [0, 0.05) is 6.08 Å². The molecule has 4 nitrogen and oxygen atoms in total. The Morgan fingerprint density at radius 3 is 2.00 bits per heavy atom. The van der Waals surface area contributed by atoms with Crippen molar-refractivity contribution in [2.75, 3.05) is 0 Å². The van der Waals surface area contributed by atoms with Crippen LogP contribution in [0.4, 0.5) is 0 Å². The van der Waals surface area contributed by atoms with Crippen LogP contribution in [0.3, 0.4) is 0 Å². The molecule has 0 fully saturated rings. The summed E-state index contributed by atoms with van der Waals surface area (Å²) in [6.07, 6.45) is 8.02. The monoisotopic (exact) mass is 284 g/mol. The van der Waals surface area contributed by atoms with E-state index in [-0.39, 0.29) is 5.92 Å². The van der Waals surface area contributed by atoms with Crippen LogP contribution in [0.2, 0.25) is 0 Å². The number of hydrogen-bond donors (Lipinski definition) is 2. The molecule has 20 heavy (non-hydrogen) atoms. The van der Waals surface area contributed by atoms with Crippen molar-refractivity contribution in [3.05, 3.63) is 24.8 Å². The van der Waals surface area contributed by atoms with Gasteiger partial charge in [0.2, 0.25) is 0 Å². The molecule has 0 amide bonds. The van der Waals surface area contributed by atoms with Gasteiger partial charge in [0.05, 0.1) is 5.92 Å². The third-order valence-electron chi connectivity index (χ3n) is 2.60. The number of rotatable bonds is 7. The lowest BCUT2D eigenvalue weighted by Crippen LogP contribution is -2.11. The summed E-state index contributed by atoms with van der Waals surface area (Å²) < 4.78 is 0. The molecule has 1 atom stereocenters. The lowest BCUT2D eigenvalue weighted by Gasteiger charge is -2.17. The van der Waals surface area contributed by atoms with Crippen molar-refractivity contribution in [2.24, 2.45) is 11.3 Å². The van der Waals surface area contributed by atoms with Gasteiger partial charge < -0.3 is 10.2 Å². The van der Waals surface area contributed by atoms with Crippen molar-refractivity contribution in [2.45, 2.75) is 53.4 Å². The molecule has 0 heterocycles. The molecule has 2 N–H and O–H groups in total. The van der Waals surface area contributed by atoms with E-state index in [9.17, 15) is 9.59 Å². The van der Waals surface area contributed by atoms with Crippen LogP contribution in [0.5, 0.6) is 0 Å². The Morgan fingerprint density at radius 1 is 1.20 bits per heavy atom. The molecule has 0 bridgehead atoms. The molecular formula is C16H28O4. The van der Waals surface area contributed by atoms with Crippen LogP contribution in [0.1, 0.15) is 53.4 Å². The first kappa shape index (κ1) is 20.7. The summed E-state index contributed by atoms with van der Waals surface area (Å²) in [7, 11) is 0. The first-order valence-corrected chi connectivity index (χ1v) is 6.85. The maximum absolute atomic E-state index is 10.7. The van der Waals surface area contributed by atoms with Crippen molar-refractivity contribution >= 4 is 11.9 Å². The van der Waals surface area contributed by atoms with Crippen molar-refractivity contribution < 1.29 is 19.8 Å². The van der Waals surface area contributed by atoms with Gasteiger partial charge in [0.1, 0.15) is 0 Å². The van der Waals surface area contributed by atoms with E-state index >= 15 is 0 Å². The highest BCUT2D eigenvalue weighted by molar-refractivity contribution is 5.79. The van der Waals surface area contributed by atoms with E-state index in [2.05, 4.69) is 27.4 Å². The van der Waals surface area contributed by atoms with Gasteiger partial charge in [-0.2, -0.15) is 0 Å². The normalized spacial score (nSPS) is 12.4. The Morgan fingerprint density at radius 2 is 1.75 bits per heavy atom. The number of aliphatic carboxylic acids is 2. The van der Waals surface area contributed by atoms with Gasteiger partial charge in [0.15, 0.2) is 0 Å². The maximum atomic E-state index is 10.7. The number of carbonyl (C=O) groups is 2. The summed E-state index contributed by atoms with van der Waals surface area (Å²) in [4.78, 5) is 20.2. The van der Waals surface area contributed by atoms with Crippen LogP contribution in [0.15, 0.2) is 24.8 Å². The maximum Gasteiger partial charge on any atom is 0.327 e. The molecule has 1 unspecified atom stereocenters. The molecule has 0 rings (SSSR count). The Labute approximate surface area is 122 Å². The molecule has 0 aliphatic rings. The fraction of sp³-hybridized carbons (Fsp3) is 0.625. The SMILES string of the molecule is C=CC(CCCCC(C)(C)C)C(=O)O.CC=CC(=O)O. The molecular weight excluding hydrogens is 256 g/mol. The van der Waals surface area contributed by atoms with Crippen LogP contribution < -0.4 is 0 Å². The third-order valence-corrected chi connectivity index (χ3v) is 2.60. The average Bonchev–Trinajstić information content (AvgIpc) is 2.27. The Balaban J connectivity index is 0. The van der Waals surface area contributed by atoms with Crippen LogP contribution in [0, 0.1) is 11.3 Å². The van der Waals surface area contributed by atoms with E-state index in [1.807, 2.05) is 0 Å². The Hall–Kier alpha value is -1.58. The molecule has 0 saturated heterocycles. The standard InChI is InChI=1S/C12H22O2.C4H6O2/c1-5-10(11(13)14)8-6-7-9-12(2,3)4;1-2-3-4(5)6/h5,10H,1,6-9H2,2-4H3,(H,13,14);2-3H,1H3,(H,5,6). The van der Waals surface area contributed by atoms with E-state index in [1.54, 1.807) is 6.92 Å². The highest BCUT2D eigenvalue weighted by Gasteiger charge is 2.14. The fourth-order valence-corrected chi connectivity index (χ4v) is 1.50. The predicted molar refractivity (Wildman–Crippen MR) is 81.7 cm³/mol. The van der Waals surface area contributed by atoms with E-state index in [1.165, 1.54) is 12.2 Å². The van der Waals surface area contributed by atoms with Crippen LogP contribution in [0.25, 0.3) is 0 Å². The second-order valence-electron chi connectivity index (χ2n) is 5.83. The van der Waals surface area contributed by atoms with Gasteiger partial charge in [-0.15, -0.1) is 6.58 Å². The first-order chi connectivity index (χ1) is 9.14. The van der Waals surface area contributed by atoms with Crippen molar-refractivity contribution in [3.8, 4) is 0 Å². The van der Waals surface area contributed by atoms with Gasteiger partial charge in [-0.05, 0) is 25.2 Å². The zero-order chi connectivity index (χ0) is 16.2. The minimum atomic E-state index is -0.891. The largest absolute Gasteiger partial charge is 0.481 e. The average molecular weight is 284 g/mol. The second kappa shape index (κ2) is 11.3. The number of hydrogen-bond acceptors (Lipinski definition) is 2. The van der Waals surface area contributed by atoms with Gasteiger partial charge in [-0.25, -0.2) is 4.79 Å². The smallest absolute Gasteiger partial charge is 0.327 e. The quantitative estimate of drug-likeness (QED) is 0.419. The van der Waals surface area contributed by atoms with Gasteiger partial charge >= 0.3 is 11.9 Å². The fourth-order valence-electron chi connectivity index (χ4n) is 1.50. The summed E-state index contributed by atoms with van der Waals surface area (Å²) in [6, 6.07) is 0. The summed E-state index contributed by atoms with van der Waals surface area (Å²) in [5, 5.41) is 16.6. The van der Waals surface area contributed by atoms with Crippen LogP contribution in [-0.2, 0) is 9.59 Å². The molecule has 0 aromatic heterocycles. The summed E-state index contributed by atoms with van der Waals surface area (Å²) in [5.74, 6) is -2.01. The molecule has 0 aliphatic heterocycles. The third kappa shape index (κ3) is 16.4. The molecule has 0 aliphatic carbocycles. The van der Waals surface area contributed by atoms with Crippen molar-refractivity contribution in [3.63, 3.8) is 0 Å². The first-order valence-electron chi connectivity index (χ1n) is 6.85.